The van der Waals surface area contributed by atoms with Crippen LogP contribution in [0, 0.1) is 0 Å². The number of hydrogen-bond acceptors (Lipinski definition) is 3. The number of benzene rings is 1. The van der Waals surface area contributed by atoms with E-state index in [1.165, 1.54) is 0 Å². The number of nitrogens with zero attached hydrogens (tertiary/aromatic N) is 2. The van der Waals surface area contributed by atoms with Crippen molar-refractivity contribution in [3.63, 3.8) is 0 Å². The van der Waals surface area contributed by atoms with Crippen LogP contribution in [0.4, 0.5) is 10.5 Å². The smallest absolute Gasteiger partial charge is 0.322 e. The molecule has 2 amide bonds. The van der Waals surface area contributed by atoms with Crippen molar-refractivity contribution in [1.82, 2.24) is 9.47 Å². The van der Waals surface area contributed by atoms with Crippen LogP contribution < -0.4 is 5.32 Å². The zero-order chi connectivity index (χ0) is 17.8. The lowest BCUT2D eigenvalue weighted by atomic mass is 10.2. The Labute approximate surface area is 148 Å². The maximum atomic E-state index is 12.6. The summed E-state index contributed by atoms with van der Waals surface area (Å²) in [4.78, 5) is 14.5. The Hall–Kier alpha value is -2.05. The molecule has 0 aliphatic carbocycles. The number of nitrogens with one attached hydrogen (secondary N) is 1. The van der Waals surface area contributed by atoms with Crippen LogP contribution in [0.5, 0.6) is 0 Å². The second kappa shape index (κ2) is 7.89. The molecule has 1 saturated heterocycles. The average Bonchev–Trinajstić information content (AvgIpc) is 3.01. The molecule has 1 aromatic carbocycles. The van der Waals surface area contributed by atoms with Gasteiger partial charge in [0.05, 0.1) is 24.3 Å². The summed E-state index contributed by atoms with van der Waals surface area (Å²) >= 11 is 0. The van der Waals surface area contributed by atoms with Crippen LogP contribution in [0.2, 0.25) is 0 Å². The highest BCUT2D eigenvalue weighted by Gasteiger charge is 2.27. The molecular formula is C19H27N3O3. The number of ether oxygens (including phenoxy) is 2. The highest BCUT2D eigenvalue weighted by molar-refractivity contribution is 5.93. The van der Waals surface area contributed by atoms with Crippen molar-refractivity contribution >= 4 is 22.6 Å². The molecular weight excluding hydrogens is 318 g/mol. The van der Waals surface area contributed by atoms with E-state index in [-0.39, 0.29) is 18.2 Å². The number of carbonyl (C=O) groups excluding carboxylic acids is 1. The zero-order valence-electron chi connectivity index (χ0n) is 15.2. The van der Waals surface area contributed by atoms with Gasteiger partial charge in [0.2, 0.25) is 0 Å². The number of amides is 2. The minimum Gasteiger partial charge on any atom is -0.383 e. The number of methoxy groups -OCH3 is 1. The summed E-state index contributed by atoms with van der Waals surface area (Å²) in [6.07, 6.45) is 3.14. The third kappa shape index (κ3) is 4.14. The van der Waals surface area contributed by atoms with Gasteiger partial charge in [-0.25, -0.2) is 4.79 Å². The first-order chi connectivity index (χ1) is 12.1. The fourth-order valence-electron chi connectivity index (χ4n) is 3.29. The first-order valence-electron chi connectivity index (χ1n) is 8.90. The fraction of sp³-hybridized carbons (Fsp3) is 0.526. The molecule has 1 aliphatic rings. The van der Waals surface area contributed by atoms with Crippen molar-refractivity contribution in [3.8, 4) is 0 Å². The van der Waals surface area contributed by atoms with E-state index in [1.807, 2.05) is 36.2 Å². The minimum atomic E-state index is -0.0667. The van der Waals surface area contributed by atoms with Crippen LogP contribution >= 0.6 is 0 Å². The fourth-order valence-corrected chi connectivity index (χ4v) is 3.29. The number of aromatic nitrogens is 1. The second-order valence-electron chi connectivity index (χ2n) is 6.59. The average molecular weight is 345 g/mol. The van der Waals surface area contributed by atoms with Gasteiger partial charge in [0.1, 0.15) is 0 Å². The van der Waals surface area contributed by atoms with Crippen molar-refractivity contribution in [1.29, 1.82) is 0 Å². The minimum absolute atomic E-state index is 0.0667. The van der Waals surface area contributed by atoms with E-state index in [0.29, 0.717) is 19.7 Å². The monoisotopic (exact) mass is 345 g/mol. The van der Waals surface area contributed by atoms with Gasteiger partial charge >= 0.3 is 6.03 Å². The third-order valence-electron chi connectivity index (χ3n) is 4.63. The van der Waals surface area contributed by atoms with Gasteiger partial charge < -0.3 is 24.3 Å². The van der Waals surface area contributed by atoms with Gasteiger partial charge in [0.15, 0.2) is 0 Å². The molecule has 136 valence electrons. The Balaban J connectivity index is 1.72. The van der Waals surface area contributed by atoms with Gasteiger partial charge in [-0.1, -0.05) is 13.0 Å². The normalized spacial score (nSPS) is 20.8. The summed E-state index contributed by atoms with van der Waals surface area (Å²) in [7, 11) is 1.70. The van der Waals surface area contributed by atoms with Gasteiger partial charge in [-0.05, 0) is 36.9 Å². The molecule has 6 nitrogen and oxygen atoms in total. The number of hydrogen-bond donors (Lipinski definition) is 1. The van der Waals surface area contributed by atoms with Crippen LogP contribution in [-0.4, -0.2) is 54.5 Å². The van der Waals surface area contributed by atoms with E-state index in [4.69, 9.17) is 9.47 Å². The van der Waals surface area contributed by atoms with E-state index in [1.54, 1.807) is 7.11 Å². The molecule has 0 saturated carbocycles. The molecule has 25 heavy (non-hydrogen) atoms. The van der Waals surface area contributed by atoms with Crippen LogP contribution in [-0.2, 0) is 16.0 Å². The highest BCUT2D eigenvalue weighted by atomic mass is 16.5. The molecule has 0 radical (unpaired) electrons. The van der Waals surface area contributed by atoms with E-state index >= 15 is 0 Å². The summed E-state index contributed by atoms with van der Waals surface area (Å²) in [5.41, 5.74) is 1.90. The van der Waals surface area contributed by atoms with Crippen LogP contribution in [0.1, 0.15) is 20.3 Å². The van der Waals surface area contributed by atoms with Crippen LogP contribution in [0.15, 0.2) is 30.5 Å². The first-order valence-corrected chi connectivity index (χ1v) is 8.90. The molecule has 6 heteroatoms. The number of rotatable bonds is 5. The maximum Gasteiger partial charge on any atom is 0.322 e. The highest BCUT2D eigenvalue weighted by Crippen LogP contribution is 2.22. The van der Waals surface area contributed by atoms with Gasteiger partial charge in [-0.2, -0.15) is 0 Å². The van der Waals surface area contributed by atoms with Gasteiger partial charge in [-0.15, -0.1) is 0 Å². The molecule has 2 aromatic rings. The number of fused-ring (bicyclic) bond motifs is 1. The Bertz CT molecular complexity index is 728. The summed E-state index contributed by atoms with van der Waals surface area (Å²) in [5.74, 6) is 0. The summed E-state index contributed by atoms with van der Waals surface area (Å²) in [6, 6.07) is 8.01. The Morgan fingerprint density at radius 3 is 2.96 bits per heavy atom. The quantitative estimate of drug-likeness (QED) is 0.904. The number of carbonyl (C=O) groups is 1. The molecule has 1 aliphatic heterocycles. The topological polar surface area (TPSA) is 55.7 Å². The standard InChI is InChI=1S/C19H27N3O3/c1-4-17-13-22(12-14(2)25-17)19(23)20-16-6-5-15-7-8-21(9-10-24-3)18(15)11-16/h5-8,11,14,17H,4,9-10,12-13H2,1-3H3,(H,20,23)/t14-,17-/m0/s1. The summed E-state index contributed by atoms with van der Waals surface area (Å²) < 4.78 is 13.1. The first kappa shape index (κ1) is 17.8. The number of morpholine rings is 1. The lowest BCUT2D eigenvalue weighted by Gasteiger charge is -2.36. The van der Waals surface area contributed by atoms with Crippen molar-refractivity contribution in [3.05, 3.63) is 30.5 Å². The zero-order valence-corrected chi connectivity index (χ0v) is 15.2. The van der Waals surface area contributed by atoms with Crippen LogP contribution in [0.3, 0.4) is 0 Å². The maximum absolute atomic E-state index is 12.6. The van der Waals surface area contributed by atoms with E-state index in [2.05, 4.69) is 22.9 Å². The molecule has 1 N–H and O–H groups in total. The Morgan fingerprint density at radius 1 is 1.36 bits per heavy atom. The lowest BCUT2D eigenvalue weighted by molar-refractivity contribution is -0.0632. The Kier molecular flexibility index (Phi) is 5.60. The summed E-state index contributed by atoms with van der Waals surface area (Å²) in [5, 5.41) is 4.18. The SMILES string of the molecule is CC[C@H]1CN(C(=O)Nc2ccc3ccn(CCOC)c3c2)C[C@H](C)O1. The van der Waals surface area contributed by atoms with Crippen molar-refractivity contribution in [2.75, 3.05) is 32.1 Å². The van der Waals surface area contributed by atoms with Crippen molar-refractivity contribution in [2.24, 2.45) is 0 Å². The number of urea groups is 1. The largest absolute Gasteiger partial charge is 0.383 e. The Morgan fingerprint density at radius 2 is 2.20 bits per heavy atom. The molecule has 0 bridgehead atoms. The lowest BCUT2D eigenvalue weighted by Crippen LogP contribution is -2.50. The molecule has 1 aromatic heterocycles. The molecule has 2 atom stereocenters. The number of anilines is 1. The van der Waals surface area contributed by atoms with Crippen molar-refractivity contribution < 1.29 is 14.3 Å². The van der Waals surface area contributed by atoms with Crippen LogP contribution in [0.25, 0.3) is 10.9 Å². The van der Waals surface area contributed by atoms with Gasteiger partial charge in [0, 0.05) is 38.6 Å². The molecule has 0 unspecified atom stereocenters. The van der Waals surface area contributed by atoms with E-state index < -0.39 is 0 Å². The molecule has 2 heterocycles. The molecule has 0 spiro atoms. The van der Waals surface area contributed by atoms with E-state index in [0.717, 1.165) is 29.6 Å². The molecule has 3 rings (SSSR count). The molecule has 1 fully saturated rings. The predicted molar refractivity (Wildman–Crippen MR) is 99.0 cm³/mol. The van der Waals surface area contributed by atoms with Crippen molar-refractivity contribution in [2.45, 2.75) is 39.0 Å². The third-order valence-corrected chi connectivity index (χ3v) is 4.63. The van der Waals surface area contributed by atoms with E-state index in [9.17, 15) is 4.79 Å². The predicted octanol–water partition coefficient (Wildman–Crippen LogP) is 3.32. The van der Waals surface area contributed by atoms with Gasteiger partial charge in [-0.3, -0.25) is 0 Å². The summed E-state index contributed by atoms with van der Waals surface area (Å²) in [6.45, 7) is 6.80. The van der Waals surface area contributed by atoms with Gasteiger partial charge in [0.25, 0.3) is 0 Å². The second-order valence-corrected chi connectivity index (χ2v) is 6.59.